The molecular weight excluding hydrogens is 326 g/mol. The molecule has 1 saturated heterocycles. The standard InChI is InChI=1S/C20H23N5O/c1-2-9-21-17(6-1)14-24(16-19-8-4-13-26-19)15-18-7-3-12-25(18)20-22-10-5-11-23-20/h1-3,5-7,9-12,19H,4,8,13-16H2/t19-/m0/s1. The normalized spacial score (nSPS) is 17.0. The molecule has 4 rings (SSSR count). The monoisotopic (exact) mass is 349 g/mol. The van der Waals surface area contributed by atoms with E-state index < -0.39 is 0 Å². The molecule has 0 spiro atoms. The summed E-state index contributed by atoms with van der Waals surface area (Å²) in [6, 6.07) is 12.0. The van der Waals surface area contributed by atoms with Gasteiger partial charge in [0.15, 0.2) is 0 Å². The first kappa shape index (κ1) is 16.9. The molecule has 0 aromatic carbocycles. The SMILES string of the molecule is c1ccc(CN(Cc2cccn2-c2ncccn2)C[C@@H]2CCCO2)nc1. The lowest BCUT2D eigenvalue weighted by atomic mass is 10.2. The van der Waals surface area contributed by atoms with Gasteiger partial charge in [0.1, 0.15) is 0 Å². The van der Waals surface area contributed by atoms with Crippen molar-refractivity contribution in [3.63, 3.8) is 0 Å². The van der Waals surface area contributed by atoms with E-state index in [-0.39, 0.29) is 0 Å². The van der Waals surface area contributed by atoms with E-state index in [1.807, 2.05) is 41.2 Å². The van der Waals surface area contributed by atoms with E-state index in [1.165, 1.54) is 0 Å². The first-order valence-corrected chi connectivity index (χ1v) is 9.06. The Hall–Kier alpha value is -2.57. The number of ether oxygens (including phenoxy) is 1. The highest BCUT2D eigenvalue weighted by Gasteiger charge is 2.21. The van der Waals surface area contributed by atoms with Crippen molar-refractivity contribution in [2.24, 2.45) is 0 Å². The Kier molecular flexibility index (Phi) is 5.33. The highest BCUT2D eigenvalue weighted by Crippen LogP contribution is 2.18. The first-order chi connectivity index (χ1) is 12.9. The summed E-state index contributed by atoms with van der Waals surface area (Å²) in [5, 5.41) is 0. The molecular formula is C20H23N5O. The van der Waals surface area contributed by atoms with Crippen molar-refractivity contribution in [2.75, 3.05) is 13.2 Å². The van der Waals surface area contributed by atoms with Gasteiger partial charge in [-0.3, -0.25) is 14.5 Å². The minimum absolute atomic E-state index is 0.301. The molecule has 6 nitrogen and oxygen atoms in total. The second-order valence-electron chi connectivity index (χ2n) is 6.54. The van der Waals surface area contributed by atoms with Crippen LogP contribution in [0.3, 0.4) is 0 Å². The van der Waals surface area contributed by atoms with E-state index in [4.69, 9.17) is 4.74 Å². The van der Waals surface area contributed by atoms with Crippen molar-refractivity contribution >= 4 is 0 Å². The molecule has 0 N–H and O–H groups in total. The van der Waals surface area contributed by atoms with Crippen LogP contribution in [0.5, 0.6) is 0 Å². The van der Waals surface area contributed by atoms with Crippen molar-refractivity contribution in [1.29, 1.82) is 0 Å². The number of pyridine rings is 1. The molecule has 3 aromatic rings. The summed E-state index contributed by atoms with van der Waals surface area (Å²) in [5.41, 5.74) is 2.23. The molecule has 134 valence electrons. The molecule has 0 amide bonds. The van der Waals surface area contributed by atoms with Crippen molar-refractivity contribution in [1.82, 2.24) is 24.4 Å². The molecule has 1 atom stereocenters. The van der Waals surface area contributed by atoms with Crippen molar-refractivity contribution in [3.05, 3.63) is 72.6 Å². The van der Waals surface area contributed by atoms with E-state index in [2.05, 4.69) is 32.0 Å². The topological polar surface area (TPSA) is 56.1 Å². The molecule has 1 aliphatic heterocycles. The molecule has 0 unspecified atom stereocenters. The molecule has 1 aliphatic rings. The van der Waals surface area contributed by atoms with E-state index in [9.17, 15) is 0 Å². The number of rotatable bonds is 7. The summed E-state index contributed by atoms with van der Waals surface area (Å²) in [4.78, 5) is 15.6. The summed E-state index contributed by atoms with van der Waals surface area (Å²) in [5.74, 6) is 0.697. The maximum absolute atomic E-state index is 5.86. The van der Waals surface area contributed by atoms with Gasteiger partial charge < -0.3 is 4.74 Å². The zero-order valence-corrected chi connectivity index (χ0v) is 14.7. The van der Waals surface area contributed by atoms with E-state index in [1.54, 1.807) is 12.4 Å². The highest BCUT2D eigenvalue weighted by atomic mass is 16.5. The van der Waals surface area contributed by atoms with Gasteiger partial charge in [-0.2, -0.15) is 0 Å². The fraction of sp³-hybridized carbons (Fsp3) is 0.350. The number of nitrogens with zero attached hydrogens (tertiary/aromatic N) is 5. The van der Waals surface area contributed by atoms with Gasteiger partial charge in [0, 0.05) is 56.7 Å². The molecule has 1 fully saturated rings. The van der Waals surface area contributed by atoms with Gasteiger partial charge in [-0.15, -0.1) is 0 Å². The summed E-state index contributed by atoms with van der Waals surface area (Å²) in [6.45, 7) is 3.36. The lowest BCUT2D eigenvalue weighted by Crippen LogP contribution is -2.32. The van der Waals surface area contributed by atoms with Crippen LogP contribution in [0.2, 0.25) is 0 Å². The molecule has 0 aliphatic carbocycles. The highest BCUT2D eigenvalue weighted by molar-refractivity contribution is 5.20. The van der Waals surface area contributed by atoms with Crippen LogP contribution in [-0.2, 0) is 17.8 Å². The Labute approximate surface area is 153 Å². The second kappa shape index (κ2) is 8.21. The number of aromatic nitrogens is 4. The third-order valence-corrected chi connectivity index (χ3v) is 4.58. The number of hydrogen-bond donors (Lipinski definition) is 0. The fourth-order valence-electron chi connectivity index (χ4n) is 3.37. The Bertz CT molecular complexity index is 799. The molecule has 3 aromatic heterocycles. The third-order valence-electron chi connectivity index (χ3n) is 4.58. The van der Waals surface area contributed by atoms with Gasteiger partial charge in [0.2, 0.25) is 5.95 Å². The van der Waals surface area contributed by atoms with Crippen LogP contribution < -0.4 is 0 Å². The van der Waals surface area contributed by atoms with Crippen LogP contribution in [0.1, 0.15) is 24.2 Å². The van der Waals surface area contributed by atoms with Crippen molar-refractivity contribution in [2.45, 2.75) is 32.0 Å². The average molecular weight is 349 g/mol. The zero-order valence-electron chi connectivity index (χ0n) is 14.7. The summed E-state index contributed by atoms with van der Waals surface area (Å²) in [6.07, 6.45) is 9.97. The van der Waals surface area contributed by atoms with Crippen LogP contribution in [0, 0.1) is 0 Å². The minimum Gasteiger partial charge on any atom is -0.377 e. The van der Waals surface area contributed by atoms with Gasteiger partial charge >= 0.3 is 0 Å². The van der Waals surface area contributed by atoms with Crippen LogP contribution in [0.15, 0.2) is 61.2 Å². The van der Waals surface area contributed by atoms with Crippen LogP contribution in [-0.4, -0.2) is 43.7 Å². The Morgan fingerprint density at radius 1 is 1.00 bits per heavy atom. The lowest BCUT2D eigenvalue weighted by Gasteiger charge is -2.25. The summed E-state index contributed by atoms with van der Waals surface area (Å²) < 4.78 is 7.90. The third kappa shape index (κ3) is 4.15. The predicted molar refractivity (Wildman–Crippen MR) is 98.7 cm³/mol. The van der Waals surface area contributed by atoms with Gasteiger partial charge in [-0.1, -0.05) is 6.07 Å². The van der Waals surface area contributed by atoms with Crippen LogP contribution in [0.25, 0.3) is 5.95 Å². The van der Waals surface area contributed by atoms with E-state index in [0.717, 1.165) is 50.5 Å². The first-order valence-electron chi connectivity index (χ1n) is 9.06. The van der Waals surface area contributed by atoms with Crippen LogP contribution >= 0.6 is 0 Å². The van der Waals surface area contributed by atoms with Gasteiger partial charge in [0.25, 0.3) is 0 Å². The van der Waals surface area contributed by atoms with E-state index >= 15 is 0 Å². The fourth-order valence-corrected chi connectivity index (χ4v) is 3.37. The summed E-state index contributed by atoms with van der Waals surface area (Å²) in [7, 11) is 0. The lowest BCUT2D eigenvalue weighted by molar-refractivity contribution is 0.0668. The number of hydrogen-bond acceptors (Lipinski definition) is 5. The van der Waals surface area contributed by atoms with E-state index in [0.29, 0.717) is 12.1 Å². The maximum Gasteiger partial charge on any atom is 0.233 e. The zero-order chi connectivity index (χ0) is 17.6. The average Bonchev–Trinajstić information content (AvgIpc) is 3.35. The van der Waals surface area contributed by atoms with Gasteiger partial charge in [-0.25, -0.2) is 9.97 Å². The minimum atomic E-state index is 0.301. The Balaban J connectivity index is 1.53. The quantitative estimate of drug-likeness (QED) is 0.656. The smallest absolute Gasteiger partial charge is 0.233 e. The molecule has 0 saturated carbocycles. The van der Waals surface area contributed by atoms with Gasteiger partial charge in [-0.05, 0) is 43.2 Å². The van der Waals surface area contributed by atoms with Crippen LogP contribution in [0.4, 0.5) is 0 Å². The predicted octanol–water partition coefficient (Wildman–Crippen LogP) is 2.84. The molecule has 6 heteroatoms. The molecule has 4 heterocycles. The van der Waals surface area contributed by atoms with Crippen molar-refractivity contribution < 1.29 is 4.74 Å². The Morgan fingerprint density at radius 3 is 2.65 bits per heavy atom. The molecule has 26 heavy (non-hydrogen) atoms. The second-order valence-corrected chi connectivity index (χ2v) is 6.54. The van der Waals surface area contributed by atoms with Crippen molar-refractivity contribution in [3.8, 4) is 5.95 Å². The Morgan fingerprint density at radius 2 is 1.88 bits per heavy atom. The molecule has 0 radical (unpaired) electrons. The summed E-state index contributed by atoms with van der Waals surface area (Å²) >= 11 is 0. The largest absolute Gasteiger partial charge is 0.377 e. The molecule has 0 bridgehead atoms. The maximum atomic E-state index is 5.86. The van der Waals surface area contributed by atoms with Gasteiger partial charge in [0.05, 0.1) is 11.8 Å².